The molecule has 2 atom stereocenters. The maximum atomic E-state index is 2.61. The van der Waals surface area contributed by atoms with Gasteiger partial charge in [-0.15, -0.1) is 0 Å². The van der Waals surface area contributed by atoms with Crippen molar-refractivity contribution in [2.75, 3.05) is 6.54 Å². The quantitative estimate of drug-likeness (QED) is 0.713. The molecule has 1 aliphatic heterocycles. The Morgan fingerprint density at radius 2 is 1.87 bits per heavy atom. The molecule has 0 amide bonds. The lowest BCUT2D eigenvalue weighted by Gasteiger charge is -2.36. The molecule has 0 bridgehead atoms. The monoisotopic (exact) mass is 203 g/mol. The second-order valence-corrected chi connectivity index (χ2v) is 4.95. The summed E-state index contributed by atoms with van der Waals surface area (Å²) in [6.07, 6.45) is 2.75. The van der Waals surface area contributed by atoms with Crippen molar-refractivity contribution < 1.29 is 0 Å². The van der Waals surface area contributed by atoms with Crippen molar-refractivity contribution in [3.05, 3.63) is 35.9 Å². The van der Waals surface area contributed by atoms with E-state index >= 15 is 0 Å². The van der Waals surface area contributed by atoms with E-state index in [0.29, 0.717) is 0 Å². The standard InChI is InChI=1S/C14H21N/c1-12-8-9-13(2)15(10-12)11-14-6-4-3-5-7-14/h3-7,12-13H,8-11H2,1-2H3/t12-,13-/m0/s1. The first kappa shape index (κ1) is 10.7. The average Bonchev–Trinajstić information content (AvgIpc) is 2.25. The minimum Gasteiger partial charge on any atom is -0.296 e. The number of benzene rings is 1. The Labute approximate surface area is 93.1 Å². The van der Waals surface area contributed by atoms with Gasteiger partial charge in [0.1, 0.15) is 0 Å². The lowest BCUT2D eigenvalue weighted by molar-refractivity contribution is 0.117. The van der Waals surface area contributed by atoms with E-state index in [4.69, 9.17) is 0 Å². The Hall–Kier alpha value is -0.820. The summed E-state index contributed by atoms with van der Waals surface area (Å²) in [5.41, 5.74) is 1.44. The number of piperidine rings is 1. The molecule has 1 nitrogen and oxygen atoms in total. The molecular formula is C14H21N. The smallest absolute Gasteiger partial charge is 0.0236 e. The van der Waals surface area contributed by atoms with E-state index < -0.39 is 0 Å². The van der Waals surface area contributed by atoms with Crippen molar-refractivity contribution >= 4 is 0 Å². The molecule has 0 N–H and O–H groups in total. The van der Waals surface area contributed by atoms with E-state index in [2.05, 4.69) is 49.1 Å². The number of rotatable bonds is 2. The molecule has 1 aromatic carbocycles. The van der Waals surface area contributed by atoms with Gasteiger partial charge in [-0.1, -0.05) is 37.3 Å². The second-order valence-electron chi connectivity index (χ2n) is 4.95. The Balaban J connectivity index is 1.98. The van der Waals surface area contributed by atoms with Crippen molar-refractivity contribution in [2.45, 2.75) is 39.3 Å². The number of nitrogens with zero attached hydrogens (tertiary/aromatic N) is 1. The van der Waals surface area contributed by atoms with Gasteiger partial charge in [-0.05, 0) is 31.2 Å². The highest BCUT2D eigenvalue weighted by Crippen LogP contribution is 2.22. The average molecular weight is 203 g/mol. The highest BCUT2D eigenvalue weighted by atomic mass is 15.2. The van der Waals surface area contributed by atoms with Crippen molar-refractivity contribution in [1.29, 1.82) is 0 Å². The minimum absolute atomic E-state index is 0.751. The van der Waals surface area contributed by atoms with Gasteiger partial charge in [-0.2, -0.15) is 0 Å². The molecule has 0 aliphatic carbocycles. The topological polar surface area (TPSA) is 3.24 Å². The predicted octanol–water partition coefficient (Wildman–Crippen LogP) is 3.31. The summed E-state index contributed by atoms with van der Waals surface area (Å²) >= 11 is 0. The van der Waals surface area contributed by atoms with E-state index in [1.165, 1.54) is 24.9 Å². The van der Waals surface area contributed by atoms with Gasteiger partial charge in [0.05, 0.1) is 0 Å². The number of hydrogen-bond donors (Lipinski definition) is 0. The molecule has 0 aromatic heterocycles. The fourth-order valence-electron chi connectivity index (χ4n) is 2.42. The van der Waals surface area contributed by atoms with Crippen LogP contribution in [-0.2, 0) is 6.54 Å². The van der Waals surface area contributed by atoms with Gasteiger partial charge < -0.3 is 0 Å². The van der Waals surface area contributed by atoms with Crippen LogP contribution in [0.25, 0.3) is 0 Å². The summed E-state index contributed by atoms with van der Waals surface area (Å²) in [6, 6.07) is 11.6. The summed E-state index contributed by atoms with van der Waals surface area (Å²) in [5, 5.41) is 0. The number of likely N-dealkylation sites (tertiary alicyclic amines) is 1. The molecule has 0 spiro atoms. The summed E-state index contributed by atoms with van der Waals surface area (Å²) in [6.45, 7) is 7.10. The van der Waals surface area contributed by atoms with Gasteiger partial charge in [0.15, 0.2) is 0 Å². The van der Waals surface area contributed by atoms with E-state index in [9.17, 15) is 0 Å². The molecule has 1 fully saturated rings. The van der Waals surface area contributed by atoms with Crippen LogP contribution in [0, 0.1) is 5.92 Å². The Kier molecular flexibility index (Phi) is 3.42. The van der Waals surface area contributed by atoms with Crippen LogP contribution in [-0.4, -0.2) is 17.5 Å². The van der Waals surface area contributed by atoms with Gasteiger partial charge in [-0.3, -0.25) is 4.90 Å². The molecule has 0 unspecified atom stereocenters. The maximum Gasteiger partial charge on any atom is 0.0236 e. The third kappa shape index (κ3) is 2.82. The van der Waals surface area contributed by atoms with Gasteiger partial charge in [0.25, 0.3) is 0 Å². The summed E-state index contributed by atoms with van der Waals surface area (Å²) in [7, 11) is 0. The molecule has 82 valence electrons. The van der Waals surface area contributed by atoms with Gasteiger partial charge in [-0.25, -0.2) is 0 Å². The van der Waals surface area contributed by atoms with Gasteiger partial charge in [0.2, 0.25) is 0 Å². The first-order chi connectivity index (χ1) is 7.25. The van der Waals surface area contributed by atoms with Gasteiger partial charge >= 0.3 is 0 Å². The van der Waals surface area contributed by atoms with Crippen LogP contribution in [0.3, 0.4) is 0 Å². The van der Waals surface area contributed by atoms with Crippen molar-refractivity contribution in [3.63, 3.8) is 0 Å². The lowest BCUT2D eigenvalue weighted by Crippen LogP contribution is -2.40. The highest BCUT2D eigenvalue weighted by Gasteiger charge is 2.22. The molecular weight excluding hydrogens is 182 g/mol. The normalized spacial score (nSPS) is 27.9. The highest BCUT2D eigenvalue weighted by molar-refractivity contribution is 5.14. The molecule has 1 saturated heterocycles. The Bertz CT molecular complexity index is 293. The molecule has 1 aliphatic rings. The number of hydrogen-bond acceptors (Lipinski definition) is 1. The Morgan fingerprint density at radius 3 is 2.60 bits per heavy atom. The van der Waals surface area contributed by atoms with Crippen LogP contribution in [0.5, 0.6) is 0 Å². The van der Waals surface area contributed by atoms with Crippen molar-refractivity contribution in [3.8, 4) is 0 Å². The van der Waals surface area contributed by atoms with Crippen LogP contribution in [0.15, 0.2) is 30.3 Å². The maximum absolute atomic E-state index is 2.61. The fourth-order valence-corrected chi connectivity index (χ4v) is 2.42. The zero-order valence-electron chi connectivity index (χ0n) is 9.82. The molecule has 1 heteroatoms. The zero-order chi connectivity index (χ0) is 10.7. The van der Waals surface area contributed by atoms with Crippen LogP contribution in [0.1, 0.15) is 32.3 Å². The largest absolute Gasteiger partial charge is 0.296 e. The van der Waals surface area contributed by atoms with Crippen LogP contribution < -0.4 is 0 Å². The first-order valence-electron chi connectivity index (χ1n) is 6.03. The van der Waals surface area contributed by atoms with Gasteiger partial charge in [0, 0.05) is 19.1 Å². The minimum atomic E-state index is 0.751. The lowest BCUT2D eigenvalue weighted by atomic mass is 9.94. The molecule has 15 heavy (non-hydrogen) atoms. The first-order valence-corrected chi connectivity index (χ1v) is 6.03. The summed E-state index contributed by atoms with van der Waals surface area (Å²) < 4.78 is 0. The zero-order valence-corrected chi connectivity index (χ0v) is 9.82. The third-order valence-corrected chi connectivity index (χ3v) is 3.48. The van der Waals surface area contributed by atoms with E-state index in [0.717, 1.165) is 18.5 Å². The van der Waals surface area contributed by atoms with Crippen molar-refractivity contribution in [2.24, 2.45) is 5.92 Å². The van der Waals surface area contributed by atoms with Crippen molar-refractivity contribution in [1.82, 2.24) is 4.90 Å². The van der Waals surface area contributed by atoms with Crippen LogP contribution in [0.2, 0.25) is 0 Å². The van der Waals surface area contributed by atoms with Crippen LogP contribution in [0.4, 0.5) is 0 Å². The molecule has 1 heterocycles. The molecule has 2 rings (SSSR count). The van der Waals surface area contributed by atoms with E-state index in [1.54, 1.807) is 0 Å². The second kappa shape index (κ2) is 4.80. The molecule has 1 aromatic rings. The third-order valence-electron chi connectivity index (χ3n) is 3.48. The SMILES string of the molecule is C[C@H]1CC[C@H](C)N(Cc2ccccc2)C1. The van der Waals surface area contributed by atoms with E-state index in [-0.39, 0.29) is 0 Å². The molecule has 0 saturated carbocycles. The van der Waals surface area contributed by atoms with E-state index in [1.807, 2.05) is 0 Å². The van der Waals surface area contributed by atoms with Crippen LogP contribution >= 0.6 is 0 Å². The Morgan fingerprint density at radius 1 is 1.13 bits per heavy atom. The fraction of sp³-hybridized carbons (Fsp3) is 0.571. The summed E-state index contributed by atoms with van der Waals surface area (Å²) in [4.78, 5) is 2.61. The predicted molar refractivity (Wildman–Crippen MR) is 64.7 cm³/mol. The molecule has 0 radical (unpaired) electrons. The summed E-state index contributed by atoms with van der Waals surface area (Å²) in [5.74, 6) is 0.866.